The number of ether oxygens (including phenoxy) is 3. The van der Waals surface area contributed by atoms with E-state index in [1.807, 2.05) is 35.7 Å². The summed E-state index contributed by atoms with van der Waals surface area (Å²) in [6, 6.07) is 11.7. The minimum Gasteiger partial charge on any atom is -0.493 e. The summed E-state index contributed by atoms with van der Waals surface area (Å²) in [7, 11) is 3.20. The highest BCUT2D eigenvalue weighted by atomic mass is 32.1. The van der Waals surface area contributed by atoms with Gasteiger partial charge >= 0.3 is 0 Å². The van der Waals surface area contributed by atoms with E-state index in [0.717, 1.165) is 20.9 Å². The van der Waals surface area contributed by atoms with Gasteiger partial charge in [0.1, 0.15) is 6.61 Å². The second-order valence-electron chi connectivity index (χ2n) is 6.34. The van der Waals surface area contributed by atoms with Gasteiger partial charge in [-0.1, -0.05) is 12.0 Å². The average Bonchev–Trinajstić information content (AvgIpc) is 3.46. The molecule has 1 atom stereocenters. The number of rotatable bonds is 10. The number of amides is 1. The van der Waals surface area contributed by atoms with Crippen molar-refractivity contribution in [3.05, 3.63) is 57.6 Å². The Hall–Kier alpha value is -2.79. The minimum absolute atomic E-state index is 0.0689. The Morgan fingerprint density at radius 3 is 2.70 bits per heavy atom. The molecule has 2 aromatic heterocycles. The largest absolute Gasteiger partial charge is 0.493 e. The molecule has 1 amide bonds. The maximum atomic E-state index is 12.8. The Bertz CT molecular complexity index is 1000. The van der Waals surface area contributed by atoms with E-state index >= 15 is 0 Å². The van der Waals surface area contributed by atoms with Crippen molar-refractivity contribution < 1.29 is 19.0 Å². The summed E-state index contributed by atoms with van der Waals surface area (Å²) in [6.07, 6.45) is 5.26. The molecule has 0 spiro atoms. The molecule has 1 unspecified atom stereocenters. The third-order valence-electron chi connectivity index (χ3n) is 4.42. The van der Waals surface area contributed by atoms with Gasteiger partial charge in [0.15, 0.2) is 17.6 Å². The van der Waals surface area contributed by atoms with Gasteiger partial charge in [-0.2, -0.15) is 11.3 Å². The Morgan fingerprint density at radius 2 is 2.00 bits per heavy atom. The predicted octanol–water partition coefficient (Wildman–Crippen LogP) is 4.54. The van der Waals surface area contributed by atoms with Crippen LogP contribution in [-0.2, 0) is 16.0 Å². The molecule has 0 fully saturated rings. The highest BCUT2D eigenvalue weighted by Gasteiger charge is 2.23. The molecule has 0 bridgehead atoms. The maximum Gasteiger partial charge on any atom is 0.254 e. The van der Waals surface area contributed by atoms with E-state index in [-0.39, 0.29) is 12.5 Å². The molecule has 7 heteroatoms. The molecule has 0 radical (unpaired) electrons. The van der Waals surface area contributed by atoms with Crippen molar-refractivity contribution in [3.8, 4) is 34.3 Å². The molecule has 30 heavy (non-hydrogen) atoms. The first-order valence-electron chi connectivity index (χ1n) is 9.32. The van der Waals surface area contributed by atoms with Crippen molar-refractivity contribution in [2.75, 3.05) is 27.4 Å². The highest BCUT2D eigenvalue weighted by Crippen LogP contribution is 2.34. The number of nitrogens with one attached hydrogen (secondary N) is 1. The van der Waals surface area contributed by atoms with Crippen molar-refractivity contribution in [2.24, 2.45) is 0 Å². The van der Waals surface area contributed by atoms with Crippen LogP contribution in [0.2, 0.25) is 0 Å². The van der Waals surface area contributed by atoms with Crippen LogP contribution in [0.1, 0.15) is 16.5 Å². The summed E-state index contributed by atoms with van der Waals surface area (Å²) < 4.78 is 16.3. The van der Waals surface area contributed by atoms with E-state index in [4.69, 9.17) is 20.6 Å². The molecule has 2 heterocycles. The third-order valence-corrected chi connectivity index (χ3v) is 6.28. The molecule has 156 valence electrons. The van der Waals surface area contributed by atoms with Gasteiger partial charge in [-0.25, -0.2) is 0 Å². The Balaban J connectivity index is 1.64. The van der Waals surface area contributed by atoms with Gasteiger partial charge in [0.25, 0.3) is 5.91 Å². The normalized spacial score (nSPS) is 11.5. The van der Waals surface area contributed by atoms with E-state index in [9.17, 15) is 4.79 Å². The Labute approximate surface area is 184 Å². The molecule has 0 aliphatic rings. The molecule has 0 aliphatic heterocycles. The standard InChI is InChI=1S/C23H23NO4S2/c1-4-12-28-22(21-8-7-20(30-21)17-10-13-29-15-17)23(25)24-11-9-16-5-6-18(26-2)19(14-16)27-3/h1,5-8,10,13-15,22H,9,11-12H2,2-3H3,(H,24,25). The quantitative estimate of drug-likeness (QED) is 0.469. The van der Waals surface area contributed by atoms with E-state index in [2.05, 4.69) is 22.7 Å². The molecule has 3 rings (SSSR count). The summed E-state index contributed by atoms with van der Waals surface area (Å²) in [6.45, 7) is 0.534. The fourth-order valence-electron chi connectivity index (χ4n) is 2.93. The summed E-state index contributed by atoms with van der Waals surface area (Å²) in [5, 5.41) is 7.06. The lowest BCUT2D eigenvalue weighted by Gasteiger charge is -2.15. The second-order valence-corrected chi connectivity index (χ2v) is 8.23. The lowest BCUT2D eigenvalue weighted by atomic mass is 10.1. The van der Waals surface area contributed by atoms with E-state index in [0.29, 0.717) is 24.5 Å². The first-order chi connectivity index (χ1) is 14.7. The minimum atomic E-state index is -0.733. The number of hydrogen-bond acceptors (Lipinski definition) is 6. The monoisotopic (exact) mass is 441 g/mol. The Kier molecular flexibility index (Phi) is 7.91. The maximum absolute atomic E-state index is 12.8. The van der Waals surface area contributed by atoms with Crippen LogP contribution in [0, 0.1) is 12.3 Å². The van der Waals surface area contributed by atoms with E-state index < -0.39 is 6.10 Å². The average molecular weight is 442 g/mol. The molecule has 0 saturated heterocycles. The summed E-state index contributed by atoms with van der Waals surface area (Å²) in [5.41, 5.74) is 2.17. The lowest BCUT2D eigenvalue weighted by Crippen LogP contribution is -2.32. The third kappa shape index (κ3) is 5.42. The molecule has 3 aromatic rings. The van der Waals surface area contributed by atoms with Crippen LogP contribution in [0.4, 0.5) is 0 Å². The van der Waals surface area contributed by atoms with Gasteiger partial charge in [-0.15, -0.1) is 17.8 Å². The molecule has 0 aliphatic carbocycles. The zero-order valence-corrected chi connectivity index (χ0v) is 18.5. The summed E-state index contributed by atoms with van der Waals surface area (Å²) >= 11 is 3.18. The number of terminal acetylenes is 1. The smallest absolute Gasteiger partial charge is 0.254 e. The van der Waals surface area contributed by atoms with Crippen LogP contribution < -0.4 is 14.8 Å². The number of thiophene rings is 2. The fraction of sp³-hybridized carbons (Fsp3) is 0.261. The molecule has 5 nitrogen and oxygen atoms in total. The van der Waals surface area contributed by atoms with Crippen molar-refractivity contribution in [2.45, 2.75) is 12.5 Å². The fourth-order valence-corrected chi connectivity index (χ4v) is 4.71. The van der Waals surface area contributed by atoms with Crippen molar-refractivity contribution in [1.29, 1.82) is 0 Å². The Morgan fingerprint density at radius 1 is 1.17 bits per heavy atom. The van der Waals surface area contributed by atoms with Gasteiger partial charge in [-0.05, 0) is 53.1 Å². The van der Waals surface area contributed by atoms with Crippen molar-refractivity contribution in [3.63, 3.8) is 0 Å². The summed E-state index contributed by atoms with van der Waals surface area (Å²) in [4.78, 5) is 14.7. The second kappa shape index (κ2) is 10.8. The molecular formula is C23H23NO4S2. The zero-order chi connectivity index (χ0) is 21.3. The number of benzene rings is 1. The van der Waals surface area contributed by atoms with Gasteiger partial charge < -0.3 is 19.5 Å². The first kappa shape index (κ1) is 21.9. The van der Waals surface area contributed by atoms with Gasteiger partial charge in [0.05, 0.1) is 14.2 Å². The highest BCUT2D eigenvalue weighted by molar-refractivity contribution is 7.16. The van der Waals surface area contributed by atoms with Crippen molar-refractivity contribution in [1.82, 2.24) is 5.32 Å². The number of methoxy groups -OCH3 is 2. The van der Waals surface area contributed by atoms with Crippen LogP contribution in [0.25, 0.3) is 10.4 Å². The van der Waals surface area contributed by atoms with E-state index in [1.165, 1.54) is 11.3 Å². The SMILES string of the molecule is C#CCOC(C(=O)NCCc1ccc(OC)c(OC)c1)c1ccc(-c2ccsc2)s1. The summed E-state index contributed by atoms with van der Waals surface area (Å²) in [5.74, 6) is 3.57. The van der Waals surface area contributed by atoms with Crippen LogP contribution in [0.15, 0.2) is 47.2 Å². The molecule has 0 saturated carbocycles. The topological polar surface area (TPSA) is 56.8 Å². The number of carbonyl (C=O) groups excluding carboxylic acids is 1. The predicted molar refractivity (Wildman–Crippen MR) is 121 cm³/mol. The van der Waals surface area contributed by atoms with Crippen LogP contribution >= 0.6 is 22.7 Å². The van der Waals surface area contributed by atoms with Crippen LogP contribution in [0.5, 0.6) is 11.5 Å². The molecule has 1 aromatic carbocycles. The van der Waals surface area contributed by atoms with E-state index in [1.54, 1.807) is 25.6 Å². The number of hydrogen-bond donors (Lipinski definition) is 1. The van der Waals surface area contributed by atoms with Gasteiger partial charge in [0, 0.05) is 21.9 Å². The molecular weight excluding hydrogens is 418 g/mol. The van der Waals surface area contributed by atoms with Crippen molar-refractivity contribution >= 4 is 28.6 Å². The first-order valence-corrected chi connectivity index (χ1v) is 11.1. The zero-order valence-electron chi connectivity index (χ0n) is 16.8. The van der Waals surface area contributed by atoms with Crippen LogP contribution in [0.3, 0.4) is 0 Å². The lowest BCUT2D eigenvalue weighted by molar-refractivity contribution is -0.132. The van der Waals surface area contributed by atoms with Gasteiger partial charge in [-0.3, -0.25) is 4.79 Å². The van der Waals surface area contributed by atoms with Gasteiger partial charge in [0.2, 0.25) is 0 Å². The molecule has 1 N–H and O–H groups in total. The van der Waals surface area contributed by atoms with Crippen LogP contribution in [-0.4, -0.2) is 33.3 Å². The number of carbonyl (C=O) groups is 1.